The Hall–Kier alpha value is -0.160. The molecule has 4 nitrogen and oxygen atoms in total. The Kier molecular flexibility index (Phi) is 10.6. The predicted octanol–water partition coefficient (Wildman–Crippen LogP) is 2.50. The smallest absolute Gasteiger partial charge is 0.0781 e. The molecule has 4 heteroatoms. The first kappa shape index (κ1) is 17.8. The van der Waals surface area contributed by atoms with Crippen molar-refractivity contribution < 1.29 is 18.9 Å². The average molecular weight is 262 g/mol. The normalized spacial score (nSPS) is 16.8. The fraction of sp³-hybridized carbons (Fsp3) is 1.00. The van der Waals surface area contributed by atoms with Crippen molar-refractivity contribution in [3.05, 3.63) is 0 Å². The molecule has 0 radical (unpaired) electrons. The second-order valence-electron chi connectivity index (χ2n) is 5.28. The molecule has 18 heavy (non-hydrogen) atoms. The summed E-state index contributed by atoms with van der Waals surface area (Å²) in [5.41, 5.74) is 0. The third kappa shape index (κ3) is 11.0. The van der Waals surface area contributed by atoms with Crippen molar-refractivity contribution in [1.29, 1.82) is 0 Å². The van der Waals surface area contributed by atoms with Gasteiger partial charge in [-0.1, -0.05) is 13.8 Å². The average Bonchev–Trinajstić information content (AvgIpc) is 2.31. The SMILES string of the molecule is COCC(C)OCC(C)OCC(C)OCC(C)C. The second kappa shape index (κ2) is 10.7. The summed E-state index contributed by atoms with van der Waals surface area (Å²) in [5.74, 6) is 0.558. The molecule has 0 bridgehead atoms. The molecule has 110 valence electrons. The van der Waals surface area contributed by atoms with E-state index in [-0.39, 0.29) is 18.3 Å². The van der Waals surface area contributed by atoms with Crippen LogP contribution in [0.5, 0.6) is 0 Å². The lowest BCUT2D eigenvalue weighted by Gasteiger charge is -2.20. The molecule has 0 amide bonds. The molecule has 0 rings (SSSR count). The zero-order valence-electron chi connectivity index (χ0n) is 12.8. The molecule has 0 spiro atoms. The van der Waals surface area contributed by atoms with Crippen LogP contribution < -0.4 is 0 Å². The van der Waals surface area contributed by atoms with Crippen LogP contribution >= 0.6 is 0 Å². The molecular formula is C14H30O4. The first-order valence-corrected chi connectivity index (χ1v) is 6.79. The fourth-order valence-electron chi connectivity index (χ4n) is 1.34. The highest BCUT2D eigenvalue weighted by molar-refractivity contribution is 4.55. The van der Waals surface area contributed by atoms with Crippen LogP contribution in [0.1, 0.15) is 34.6 Å². The molecular weight excluding hydrogens is 232 g/mol. The molecule has 0 aromatic rings. The lowest BCUT2D eigenvalue weighted by molar-refractivity contribution is -0.0793. The van der Waals surface area contributed by atoms with Gasteiger partial charge in [0.2, 0.25) is 0 Å². The van der Waals surface area contributed by atoms with Crippen LogP contribution in [0.3, 0.4) is 0 Å². The first-order valence-electron chi connectivity index (χ1n) is 6.79. The van der Waals surface area contributed by atoms with Gasteiger partial charge in [-0.2, -0.15) is 0 Å². The van der Waals surface area contributed by atoms with Crippen LogP contribution in [-0.4, -0.2) is 51.8 Å². The maximum absolute atomic E-state index is 5.67. The van der Waals surface area contributed by atoms with Gasteiger partial charge in [-0.3, -0.25) is 0 Å². The lowest BCUT2D eigenvalue weighted by atomic mass is 10.2. The largest absolute Gasteiger partial charge is 0.382 e. The summed E-state index contributed by atoms with van der Waals surface area (Å²) in [6, 6.07) is 0. The Morgan fingerprint density at radius 3 is 1.39 bits per heavy atom. The summed E-state index contributed by atoms with van der Waals surface area (Å²) < 4.78 is 21.9. The van der Waals surface area contributed by atoms with E-state index >= 15 is 0 Å². The Morgan fingerprint density at radius 2 is 1.00 bits per heavy atom. The maximum Gasteiger partial charge on any atom is 0.0781 e. The summed E-state index contributed by atoms with van der Waals surface area (Å²) in [4.78, 5) is 0. The van der Waals surface area contributed by atoms with Gasteiger partial charge in [0.1, 0.15) is 0 Å². The summed E-state index contributed by atoms with van der Waals surface area (Å²) in [7, 11) is 1.67. The maximum atomic E-state index is 5.67. The molecule has 0 aliphatic carbocycles. The van der Waals surface area contributed by atoms with Crippen LogP contribution in [-0.2, 0) is 18.9 Å². The molecule has 0 saturated heterocycles. The van der Waals surface area contributed by atoms with Gasteiger partial charge in [0.15, 0.2) is 0 Å². The summed E-state index contributed by atoms with van der Waals surface area (Å²) >= 11 is 0. The number of hydrogen-bond donors (Lipinski definition) is 0. The number of rotatable bonds is 11. The van der Waals surface area contributed by atoms with Gasteiger partial charge in [0, 0.05) is 13.7 Å². The van der Waals surface area contributed by atoms with Crippen molar-refractivity contribution in [3.63, 3.8) is 0 Å². The standard InChI is InChI=1S/C14H30O4/c1-11(2)7-16-13(4)9-18-14(5)10-17-12(3)8-15-6/h11-14H,7-10H2,1-6H3. The molecule has 0 aliphatic heterocycles. The van der Waals surface area contributed by atoms with Gasteiger partial charge in [-0.05, 0) is 26.7 Å². The van der Waals surface area contributed by atoms with E-state index in [0.717, 1.165) is 6.61 Å². The molecule has 0 aromatic carbocycles. The second-order valence-corrected chi connectivity index (χ2v) is 5.28. The Morgan fingerprint density at radius 1 is 0.611 bits per heavy atom. The molecule has 0 N–H and O–H groups in total. The van der Waals surface area contributed by atoms with Gasteiger partial charge < -0.3 is 18.9 Å². The molecule has 0 heterocycles. The van der Waals surface area contributed by atoms with Gasteiger partial charge in [0.05, 0.1) is 38.1 Å². The number of methoxy groups -OCH3 is 1. The summed E-state index contributed by atoms with van der Waals surface area (Å²) in [6.45, 7) is 12.9. The van der Waals surface area contributed by atoms with Crippen molar-refractivity contribution in [2.45, 2.75) is 52.9 Å². The third-order valence-corrected chi connectivity index (χ3v) is 2.35. The minimum Gasteiger partial charge on any atom is -0.382 e. The van der Waals surface area contributed by atoms with Crippen molar-refractivity contribution in [2.24, 2.45) is 5.92 Å². The topological polar surface area (TPSA) is 36.9 Å². The molecule has 0 aliphatic rings. The predicted molar refractivity (Wildman–Crippen MR) is 73.0 cm³/mol. The van der Waals surface area contributed by atoms with Crippen molar-refractivity contribution in [1.82, 2.24) is 0 Å². The van der Waals surface area contributed by atoms with Crippen LogP contribution in [0.25, 0.3) is 0 Å². The van der Waals surface area contributed by atoms with Gasteiger partial charge >= 0.3 is 0 Å². The summed E-state index contributed by atoms with van der Waals surface area (Å²) in [6.07, 6.45) is 0.316. The van der Waals surface area contributed by atoms with Crippen LogP contribution in [0.2, 0.25) is 0 Å². The third-order valence-electron chi connectivity index (χ3n) is 2.35. The van der Waals surface area contributed by atoms with Crippen molar-refractivity contribution in [3.8, 4) is 0 Å². The van der Waals surface area contributed by atoms with Crippen LogP contribution in [0.4, 0.5) is 0 Å². The van der Waals surface area contributed by atoms with Crippen molar-refractivity contribution in [2.75, 3.05) is 33.5 Å². The highest BCUT2D eigenvalue weighted by Crippen LogP contribution is 2.02. The zero-order chi connectivity index (χ0) is 14.0. The van der Waals surface area contributed by atoms with Gasteiger partial charge in [-0.25, -0.2) is 0 Å². The lowest BCUT2D eigenvalue weighted by Crippen LogP contribution is -2.27. The Balaban J connectivity index is 3.54. The van der Waals surface area contributed by atoms with Crippen molar-refractivity contribution >= 4 is 0 Å². The van der Waals surface area contributed by atoms with E-state index in [4.69, 9.17) is 18.9 Å². The minimum absolute atomic E-state index is 0.0782. The quantitative estimate of drug-likeness (QED) is 0.573. The van der Waals surface area contributed by atoms with E-state index in [2.05, 4.69) is 13.8 Å². The van der Waals surface area contributed by atoms with E-state index in [1.807, 2.05) is 20.8 Å². The van der Waals surface area contributed by atoms with Crippen LogP contribution in [0, 0.1) is 5.92 Å². The fourth-order valence-corrected chi connectivity index (χ4v) is 1.34. The first-order chi connectivity index (χ1) is 8.45. The van der Waals surface area contributed by atoms with E-state index in [1.165, 1.54) is 0 Å². The number of ether oxygens (including phenoxy) is 4. The summed E-state index contributed by atoms with van der Waals surface area (Å²) in [5, 5.41) is 0. The van der Waals surface area contributed by atoms with E-state index in [9.17, 15) is 0 Å². The van der Waals surface area contributed by atoms with Gasteiger partial charge in [-0.15, -0.1) is 0 Å². The minimum atomic E-state index is 0.0782. The molecule has 0 fully saturated rings. The number of hydrogen-bond acceptors (Lipinski definition) is 4. The Labute approximate surface area is 112 Å². The molecule has 3 unspecified atom stereocenters. The molecule has 0 saturated carbocycles. The monoisotopic (exact) mass is 262 g/mol. The Bertz CT molecular complexity index is 185. The highest BCUT2D eigenvalue weighted by atomic mass is 16.6. The van der Waals surface area contributed by atoms with Gasteiger partial charge in [0.25, 0.3) is 0 Å². The highest BCUT2D eigenvalue weighted by Gasteiger charge is 2.10. The van der Waals surface area contributed by atoms with E-state index in [0.29, 0.717) is 25.7 Å². The van der Waals surface area contributed by atoms with E-state index < -0.39 is 0 Å². The van der Waals surface area contributed by atoms with Crippen LogP contribution in [0.15, 0.2) is 0 Å². The molecule has 0 aromatic heterocycles. The molecule has 3 atom stereocenters. The zero-order valence-corrected chi connectivity index (χ0v) is 12.8. The van der Waals surface area contributed by atoms with E-state index in [1.54, 1.807) is 7.11 Å².